The van der Waals surface area contributed by atoms with Crippen molar-refractivity contribution in [1.29, 1.82) is 0 Å². The summed E-state index contributed by atoms with van der Waals surface area (Å²) in [5.41, 5.74) is 11.5. The molecule has 1 aromatic heterocycles. The van der Waals surface area contributed by atoms with Gasteiger partial charge in [0.1, 0.15) is 5.17 Å². The zero-order chi connectivity index (χ0) is 21.8. The molecule has 162 valence electrons. The summed E-state index contributed by atoms with van der Waals surface area (Å²) in [6.45, 7) is 4.53. The van der Waals surface area contributed by atoms with Crippen molar-refractivity contribution in [3.05, 3.63) is 71.5 Å². The lowest BCUT2D eigenvalue weighted by Gasteiger charge is -2.36. The molecule has 31 heavy (non-hydrogen) atoms. The van der Waals surface area contributed by atoms with Gasteiger partial charge in [0.25, 0.3) is 0 Å². The lowest BCUT2D eigenvalue weighted by Crippen LogP contribution is -2.47. The van der Waals surface area contributed by atoms with Crippen molar-refractivity contribution in [2.24, 2.45) is 15.7 Å². The fourth-order valence-electron chi connectivity index (χ4n) is 4.12. The summed E-state index contributed by atoms with van der Waals surface area (Å²) in [6.07, 6.45) is 13.6. The van der Waals surface area contributed by atoms with Crippen molar-refractivity contribution < 1.29 is 0 Å². The number of hydrogen-bond donors (Lipinski definition) is 1. The summed E-state index contributed by atoms with van der Waals surface area (Å²) in [5, 5.41) is 0.492. The molecule has 0 spiro atoms. The second kappa shape index (κ2) is 9.49. The molecule has 2 N–H and O–H groups in total. The smallest absolute Gasteiger partial charge is 0.129 e. The van der Waals surface area contributed by atoms with Crippen LogP contribution in [0, 0.1) is 0 Å². The minimum Gasteiger partial charge on any atom is -0.400 e. The number of piperazine rings is 1. The Morgan fingerprint density at radius 2 is 2.00 bits per heavy atom. The summed E-state index contributed by atoms with van der Waals surface area (Å²) in [6, 6.07) is 4.21. The van der Waals surface area contributed by atoms with Gasteiger partial charge in [-0.1, -0.05) is 17.7 Å². The number of fused-ring (bicyclic) bond motifs is 1. The maximum atomic E-state index is 6.61. The molecule has 1 fully saturated rings. The topological polar surface area (TPSA) is 73.4 Å². The monoisotopic (exact) mass is 437 g/mol. The maximum absolute atomic E-state index is 6.61. The van der Waals surface area contributed by atoms with E-state index in [1.807, 2.05) is 31.7 Å². The van der Waals surface area contributed by atoms with Gasteiger partial charge in [0.2, 0.25) is 0 Å². The number of hydrogen-bond acceptors (Lipinski definition) is 7. The molecular weight excluding hydrogens is 410 g/mol. The molecule has 0 amide bonds. The van der Waals surface area contributed by atoms with Crippen LogP contribution in [0.5, 0.6) is 0 Å². The number of halogens is 1. The van der Waals surface area contributed by atoms with Crippen LogP contribution in [0.2, 0.25) is 0 Å². The molecule has 1 aromatic rings. The summed E-state index contributed by atoms with van der Waals surface area (Å²) in [4.78, 5) is 19.8. The van der Waals surface area contributed by atoms with Crippen LogP contribution < -0.4 is 10.6 Å². The van der Waals surface area contributed by atoms with E-state index >= 15 is 0 Å². The SMILES string of the molecule is CN=CC(C1=CN(C)C2C=CC(Cl)=NC2=C1)=C(N)CN1CCN(c2ccncc2)CC1. The number of allylic oxidation sites excluding steroid dienone is 4. The average Bonchev–Trinajstić information content (AvgIpc) is 2.78. The Morgan fingerprint density at radius 1 is 1.26 bits per heavy atom. The van der Waals surface area contributed by atoms with Gasteiger partial charge < -0.3 is 15.5 Å². The van der Waals surface area contributed by atoms with E-state index < -0.39 is 0 Å². The highest BCUT2D eigenvalue weighted by Gasteiger charge is 2.25. The Hall–Kier alpha value is -2.90. The quantitative estimate of drug-likeness (QED) is 0.716. The van der Waals surface area contributed by atoms with Gasteiger partial charge in [-0.3, -0.25) is 14.9 Å². The normalized spacial score (nSPS) is 22.7. The fourth-order valence-corrected chi connectivity index (χ4v) is 4.29. The first kappa shape index (κ1) is 21.3. The molecule has 0 saturated carbocycles. The third-order valence-electron chi connectivity index (χ3n) is 5.75. The molecule has 1 atom stereocenters. The second-order valence-corrected chi connectivity index (χ2v) is 8.24. The molecule has 0 radical (unpaired) electrons. The Morgan fingerprint density at radius 3 is 2.71 bits per heavy atom. The highest BCUT2D eigenvalue weighted by molar-refractivity contribution is 6.68. The Kier molecular flexibility index (Phi) is 6.53. The Labute approximate surface area is 188 Å². The van der Waals surface area contributed by atoms with Crippen LogP contribution in [0.4, 0.5) is 5.69 Å². The van der Waals surface area contributed by atoms with Gasteiger partial charge in [0, 0.05) is 94.2 Å². The first-order valence-corrected chi connectivity index (χ1v) is 10.8. The molecule has 1 unspecified atom stereocenters. The Balaban J connectivity index is 1.49. The van der Waals surface area contributed by atoms with E-state index in [1.54, 1.807) is 7.05 Å². The molecule has 4 heterocycles. The highest BCUT2D eigenvalue weighted by Crippen LogP contribution is 2.28. The summed E-state index contributed by atoms with van der Waals surface area (Å²) in [7, 11) is 3.80. The van der Waals surface area contributed by atoms with E-state index in [1.165, 1.54) is 5.69 Å². The van der Waals surface area contributed by atoms with Crippen molar-refractivity contribution in [2.45, 2.75) is 6.04 Å². The van der Waals surface area contributed by atoms with Gasteiger partial charge in [-0.15, -0.1) is 0 Å². The van der Waals surface area contributed by atoms with Crippen LogP contribution in [-0.2, 0) is 0 Å². The average molecular weight is 438 g/mol. The molecule has 8 heteroatoms. The van der Waals surface area contributed by atoms with E-state index in [0.29, 0.717) is 11.7 Å². The third-order valence-corrected chi connectivity index (χ3v) is 5.96. The zero-order valence-corrected chi connectivity index (χ0v) is 18.7. The second-order valence-electron chi connectivity index (χ2n) is 7.85. The van der Waals surface area contributed by atoms with E-state index in [2.05, 4.69) is 60.2 Å². The van der Waals surface area contributed by atoms with Crippen molar-refractivity contribution in [2.75, 3.05) is 51.7 Å². The van der Waals surface area contributed by atoms with Crippen LogP contribution >= 0.6 is 11.6 Å². The van der Waals surface area contributed by atoms with E-state index in [4.69, 9.17) is 17.3 Å². The predicted molar refractivity (Wildman–Crippen MR) is 129 cm³/mol. The molecular formula is C23H28ClN7. The minimum atomic E-state index is 0.0913. The van der Waals surface area contributed by atoms with Gasteiger partial charge in [-0.05, 0) is 24.3 Å². The largest absolute Gasteiger partial charge is 0.400 e. The van der Waals surface area contributed by atoms with Crippen LogP contribution in [0.15, 0.2) is 81.5 Å². The molecule has 3 aliphatic rings. The lowest BCUT2D eigenvalue weighted by atomic mass is 9.97. The highest BCUT2D eigenvalue weighted by atomic mass is 35.5. The van der Waals surface area contributed by atoms with Gasteiger partial charge in [0.05, 0.1) is 11.7 Å². The number of nitrogens with two attached hydrogens (primary N) is 1. The van der Waals surface area contributed by atoms with Crippen LogP contribution in [-0.4, -0.2) is 79.0 Å². The molecule has 1 saturated heterocycles. The Bertz CT molecular complexity index is 982. The van der Waals surface area contributed by atoms with Crippen molar-refractivity contribution in [3.63, 3.8) is 0 Å². The number of anilines is 1. The van der Waals surface area contributed by atoms with Gasteiger partial charge in [-0.25, -0.2) is 4.99 Å². The summed E-state index contributed by atoms with van der Waals surface area (Å²) >= 11 is 6.13. The molecule has 0 aromatic carbocycles. The van der Waals surface area contributed by atoms with Crippen molar-refractivity contribution >= 4 is 28.7 Å². The third kappa shape index (κ3) is 4.89. The van der Waals surface area contributed by atoms with E-state index in [9.17, 15) is 0 Å². The molecule has 0 bridgehead atoms. The van der Waals surface area contributed by atoms with Gasteiger partial charge in [-0.2, -0.15) is 0 Å². The van der Waals surface area contributed by atoms with E-state index in [0.717, 1.165) is 48.7 Å². The predicted octanol–water partition coefficient (Wildman–Crippen LogP) is 2.41. The summed E-state index contributed by atoms with van der Waals surface area (Å²) < 4.78 is 0. The summed E-state index contributed by atoms with van der Waals surface area (Å²) in [5.74, 6) is 0. The zero-order valence-electron chi connectivity index (χ0n) is 17.9. The number of aromatic nitrogens is 1. The number of aliphatic imine (C=N–C) groups is 2. The first-order chi connectivity index (χ1) is 15.0. The number of rotatable bonds is 5. The number of nitrogens with zero attached hydrogens (tertiary/aromatic N) is 6. The van der Waals surface area contributed by atoms with Crippen molar-refractivity contribution in [1.82, 2.24) is 14.8 Å². The number of likely N-dealkylation sites (N-methyl/N-ethyl adjacent to an activating group) is 1. The molecule has 4 rings (SSSR count). The van der Waals surface area contributed by atoms with Gasteiger partial charge >= 0.3 is 0 Å². The van der Waals surface area contributed by atoms with Gasteiger partial charge in [0.15, 0.2) is 0 Å². The maximum Gasteiger partial charge on any atom is 0.129 e. The number of dihydropyridines is 1. The minimum absolute atomic E-state index is 0.0913. The molecule has 7 nitrogen and oxygen atoms in total. The molecule has 0 aliphatic carbocycles. The van der Waals surface area contributed by atoms with Crippen LogP contribution in [0.25, 0.3) is 0 Å². The number of pyridine rings is 1. The first-order valence-electron chi connectivity index (χ1n) is 10.4. The van der Waals surface area contributed by atoms with Crippen LogP contribution in [0.1, 0.15) is 0 Å². The van der Waals surface area contributed by atoms with E-state index in [-0.39, 0.29) is 6.04 Å². The molecule has 3 aliphatic heterocycles. The standard InChI is InChI=1S/C23H28ClN7/c1-26-14-19(17-13-21-22(29(2)15-17)3-4-23(24)28-21)20(25)16-30-9-11-31(12-10-30)18-5-7-27-8-6-18/h3-8,13-15,22H,9-12,16,25H2,1-2H3. The van der Waals surface area contributed by atoms with Crippen molar-refractivity contribution in [3.8, 4) is 0 Å². The van der Waals surface area contributed by atoms with Crippen LogP contribution in [0.3, 0.4) is 0 Å². The lowest BCUT2D eigenvalue weighted by molar-refractivity contribution is 0.277. The fraction of sp³-hybridized carbons (Fsp3) is 0.348.